The van der Waals surface area contributed by atoms with Gasteiger partial charge in [0.05, 0.1) is 6.04 Å². The molecule has 0 saturated carbocycles. The van der Waals surface area contributed by atoms with Gasteiger partial charge < -0.3 is 10.3 Å². The molecule has 0 spiro atoms. The number of carbonyl (C=O) groups is 1. The van der Waals surface area contributed by atoms with Crippen molar-refractivity contribution < 1.29 is 9.18 Å². The van der Waals surface area contributed by atoms with Crippen molar-refractivity contribution in [2.45, 2.75) is 13.0 Å². The fourth-order valence-corrected chi connectivity index (χ4v) is 2.53. The molecule has 2 aromatic heterocycles. The smallest absolute Gasteiger partial charge is 0.262 e. The van der Waals surface area contributed by atoms with Crippen molar-refractivity contribution in [3.05, 3.63) is 71.3 Å². The number of fused-ring (bicyclic) bond motifs is 1. The second kappa shape index (κ2) is 6.97. The summed E-state index contributed by atoms with van der Waals surface area (Å²) in [6.45, 7) is 1.73. The molecule has 6 heteroatoms. The predicted molar refractivity (Wildman–Crippen MR) is 92.6 cm³/mol. The van der Waals surface area contributed by atoms with Gasteiger partial charge in [-0.25, -0.2) is 9.37 Å². The Morgan fingerprint density at radius 2 is 2.24 bits per heavy atom. The summed E-state index contributed by atoms with van der Waals surface area (Å²) in [4.78, 5) is 19.5. The van der Waals surface area contributed by atoms with E-state index >= 15 is 0 Å². The fraction of sp³-hybridized carbons (Fsp3) is 0.105. The number of aromatic amines is 1. The SMILES string of the molecule is CC(NC(=O)/C(C#N)=C/c1c[nH]c2ncccc12)c1cccc(F)c1. The minimum atomic E-state index is -0.516. The van der Waals surface area contributed by atoms with E-state index < -0.39 is 11.9 Å². The van der Waals surface area contributed by atoms with Crippen LogP contribution in [0.25, 0.3) is 17.1 Å². The lowest BCUT2D eigenvalue weighted by molar-refractivity contribution is -0.117. The van der Waals surface area contributed by atoms with Gasteiger partial charge in [-0.05, 0) is 42.8 Å². The molecule has 1 atom stereocenters. The first-order chi connectivity index (χ1) is 12.1. The average Bonchev–Trinajstić information content (AvgIpc) is 3.02. The van der Waals surface area contributed by atoms with Crippen molar-refractivity contribution in [2.24, 2.45) is 0 Å². The predicted octanol–water partition coefficient (Wildman–Crippen LogP) is 3.49. The third kappa shape index (κ3) is 3.56. The highest BCUT2D eigenvalue weighted by Crippen LogP contribution is 2.19. The Balaban J connectivity index is 1.83. The minimum Gasteiger partial charge on any atom is -0.346 e. The summed E-state index contributed by atoms with van der Waals surface area (Å²) in [5, 5.41) is 12.9. The number of H-pyrrole nitrogens is 1. The molecule has 0 aliphatic heterocycles. The fourth-order valence-electron chi connectivity index (χ4n) is 2.53. The van der Waals surface area contributed by atoms with E-state index in [9.17, 15) is 14.4 Å². The van der Waals surface area contributed by atoms with Crippen molar-refractivity contribution >= 4 is 23.0 Å². The summed E-state index contributed by atoms with van der Waals surface area (Å²) < 4.78 is 13.3. The molecule has 0 radical (unpaired) electrons. The van der Waals surface area contributed by atoms with Crippen molar-refractivity contribution in [1.29, 1.82) is 5.26 Å². The summed E-state index contributed by atoms with van der Waals surface area (Å²) in [5.41, 5.74) is 1.97. The maximum Gasteiger partial charge on any atom is 0.262 e. The van der Waals surface area contributed by atoms with Crippen LogP contribution in [0.4, 0.5) is 4.39 Å². The Morgan fingerprint density at radius 1 is 1.40 bits per heavy atom. The first kappa shape index (κ1) is 16.4. The van der Waals surface area contributed by atoms with Gasteiger partial charge in [0.2, 0.25) is 0 Å². The maximum atomic E-state index is 13.3. The number of aromatic nitrogens is 2. The Hall–Kier alpha value is -3.46. The van der Waals surface area contributed by atoms with Gasteiger partial charge in [0.15, 0.2) is 0 Å². The molecule has 5 nitrogen and oxygen atoms in total. The van der Waals surface area contributed by atoms with Crippen LogP contribution >= 0.6 is 0 Å². The molecular weight excluding hydrogens is 319 g/mol. The van der Waals surface area contributed by atoms with Crippen LogP contribution in [0.15, 0.2) is 54.4 Å². The zero-order chi connectivity index (χ0) is 17.8. The van der Waals surface area contributed by atoms with Gasteiger partial charge >= 0.3 is 0 Å². The Morgan fingerprint density at radius 3 is 3.00 bits per heavy atom. The molecule has 0 fully saturated rings. The topological polar surface area (TPSA) is 81.6 Å². The van der Waals surface area contributed by atoms with Gasteiger partial charge in [-0.2, -0.15) is 5.26 Å². The number of nitrogens with one attached hydrogen (secondary N) is 2. The zero-order valence-corrected chi connectivity index (χ0v) is 13.5. The minimum absolute atomic E-state index is 0.0343. The van der Waals surface area contributed by atoms with Crippen LogP contribution in [0.5, 0.6) is 0 Å². The van der Waals surface area contributed by atoms with E-state index in [-0.39, 0.29) is 11.4 Å². The molecule has 3 aromatic rings. The van der Waals surface area contributed by atoms with Gasteiger partial charge in [-0.3, -0.25) is 4.79 Å². The highest BCUT2D eigenvalue weighted by atomic mass is 19.1. The average molecular weight is 334 g/mol. The standard InChI is InChI=1S/C19H15FN4O/c1-12(13-4-2-5-16(20)9-13)24-19(25)14(10-21)8-15-11-23-18-17(15)6-3-7-22-18/h2-9,11-12H,1H3,(H,22,23)(H,24,25)/b14-8+. The van der Waals surface area contributed by atoms with E-state index in [1.807, 2.05) is 12.1 Å². The number of rotatable bonds is 4. The molecule has 0 aliphatic carbocycles. The maximum absolute atomic E-state index is 13.3. The number of amides is 1. The lowest BCUT2D eigenvalue weighted by Gasteiger charge is -2.14. The molecule has 25 heavy (non-hydrogen) atoms. The van der Waals surface area contributed by atoms with Crippen molar-refractivity contribution in [3.63, 3.8) is 0 Å². The van der Waals surface area contributed by atoms with E-state index in [1.54, 1.807) is 37.5 Å². The highest BCUT2D eigenvalue weighted by molar-refractivity contribution is 6.03. The summed E-state index contributed by atoms with van der Waals surface area (Å²) in [6.07, 6.45) is 4.86. The van der Waals surface area contributed by atoms with Crippen molar-refractivity contribution in [2.75, 3.05) is 0 Å². The number of carbonyl (C=O) groups excluding carboxylic acids is 1. The van der Waals surface area contributed by atoms with Crippen molar-refractivity contribution in [1.82, 2.24) is 15.3 Å². The monoisotopic (exact) mass is 334 g/mol. The van der Waals surface area contributed by atoms with Crippen LogP contribution in [0.3, 0.4) is 0 Å². The molecule has 1 aromatic carbocycles. The van der Waals surface area contributed by atoms with Gasteiger partial charge in [0.1, 0.15) is 23.1 Å². The van der Waals surface area contributed by atoms with Crippen LogP contribution in [0.2, 0.25) is 0 Å². The Bertz CT molecular complexity index is 1000. The van der Waals surface area contributed by atoms with Crippen LogP contribution < -0.4 is 5.32 Å². The second-order valence-electron chi connectivity index (χ2n) is 5.56. The quantitative estimate of drug-likeness (QED) is 0.566. The number of benzene rings is 1. The normalized spacial score (nSPS) is 12.6. The van der Waals surface area contributed by atoms with E-state index in [2.05, 4.69) is 15.3 Å². The second-order valence-corrected chi connectivity index (χ2v) is 5.56. The number of nitrogens with zero attached hydrogens (tertiary/aromatic N) is 2. The molecule has 3 rings (SSSR count). The zero-order valence-electron chi connectivity index (χ0n) is 13.5. The molecule has 0 aliphatic rings. The van der Waals surface area contributed by atoms with E-state index in [4.69, 9.17) is 0 Å². The molecule has 1 unspecified atom stereocenters. The first-order valence-corrected chi connectivity index (χ1v) is 7.68. The van der Waals surface area contributed by atoms with E-state index in [1.165, 1.54) is 18.2 Å². The number of pyridine rings is 1. The Kier molecular flexibility index (Phi) is 4.57. The van der Waals surface area contributed by atoms with Gasteiger partial charge in [0, 0.05) is 23.3 Å². The van der Waals surface area contributed by atoms with E-state index in [0.29, 0.717) is 16.8 Å². The largest absolute Gasteiger partial charge is 0.346 e. The van der Waals surface area contributed by atoms with E-state index in [0.717, 1.165) is 5.39 Å². The number of hydrogen-bond acceptors (Lipinski definition) is 3. The third-order valence-electron chi connectivity index (χ3n) is 3.84. The molecule has 0 saturated heterocycles. The lowest BCUT2D eigenvalue weighted by atomic mass is 10.1. The van der Waals surface area contributed by atoms with Gasteiger partial charge in [0.25, 0.3) is 5.91 Å². The van der Waals surface area contributed by atoms with Crippen LogP contribution in [0.1, 0.15) is 24.1 Å². The number of hydrogen-bond donors (Lipinski definition) is 2. The molecule has 1 amide bonds. The Labute approximate surface area is 143 Å². The molecule has 0 bridgehead atoms. The summed E-state index contributed by atoms with van der Waals surface area (Å²) in [6, 6.07) is 11.1. The van der Waals surface area contributed by atoms with Crippen molar-refractivity contribution in [3.8, 4) is 6.07 Å². The van der Waals surface area contributed by atoms with Crippen LogP contribution in [0, 0.1) is 17.1 Å². The molecule has 124 valence electrons. The number of halogens is 1. The highest BCUT2D eigenvalue weighted by Gasteiger charge is 2.15. The summed E-state index contributed by atoms with van der Waals surface area (Å²) in [7, 11) is 0. The van der Waals surface area contributed by atoms with Gasteiger partial charge in [-0.1, -0.05) is 12.1 Å². The summed E-state index contributed by atoms with van der Waals surface area (Å²) >= 11 is 0. The summed E-state index contributed by atoms with van der Waals surface area (Å²) in [5.74, 6) is -0.890. The van der Waals surface area contributed by atoms with Gasteiger partial charge in [-0.15, -0.1) is 0 Å². The molecule has 2 N–H and O–H groups in total. The molecule has 2 heterocycles. The first-order valence-electron chi connectivity index (χ1n) is 7.68. The lowest BCUT2D eigenvalue weighted by Crippen LogP contribution is -2.27. The van der Waals surface area contributed by atoms with Crippen LogP contribution in [-0.2, 0) is 4.79 Å². The van der Waals surface area contributed by atoms with Crippen LogP contribution in [-0.4, -0.2) is 15.9 Å². The number of nitriles is 1. The third-order valence-corrected chi connectivity index (χ3v) is 3.84. The molecular formula is C19H15FN4O.